The molecule has 1 aliphatic rings. The molecule has 1 aromatic carbocycles. The van der Waals surface area contributed by atoms with Gasteiger partial charge >= 0.3 is 0 Å². The Morgan fingerprint density at radius 3 is 2.74 bits per heavy atom. The highest BCUT2D eigenvalue weighted by Crippen LogP contribution is 2.42. The number of carbonyl (C=O) groups excluding carboxylic acids is 1. The van der Waals surface area contributed by atoms with Gasteiger partial charge in [0, 0.05) is 10.1 Å². The monoisotopic (exact) mass is 365 g/mol. The second-order valence-corrected chi connectivity index (χ2v) is 7.98. The molecule has 0 aliphatic carbocycles. The van der Waals surface area contributed by atoms with Gasteiger partial charge in [0.25, 0.3) is 5.91 Å². The third-order valence-corrected chi connectivity index (χ3v) is 5.39. The fourth-order valence-corrected chi connectivity index (χ4v) is 4.36. The molecule has 4 nitrogen and oxygen atoms in total. The minimum Gasteiger partial charge on any atom is -0.497 e. The molecule has 3 rings (SSSR count). The van der Waals surface area contributed by atoms with Gasteiger partial charge in [-0.25, -0.2) is 0 Å². The molecule has 1 saturated heterocycles. The van der Waals surface area contributed by atoms with E-state index in [1.165, 1.54) is 11.8 Å². The van der Waals surface area contributed by atoms with E-state index in [1.54, 1.807) is 18.4 Å². The lowest BCUT2D eigenvalue weighted by Gasteiger charge is -2.10. The highest BCUT2D eigenvalue weighted by molar-refractivity contribution is 8.26. The van der Waals surface area contributed by atoms with Crippen LogP contribution in [0.5, 0.6) is 11.5 Å². The van der Waals surface area contributed by atoms with Crippen LogP contribution in [0, 0.1) is 0 Å². The zero-order valence-corrected chi connectivity index (χ0v) is 15.3. The number of methoxy groups -OCH3 is 1. The quantitative estimate of drug-likeness (QED) is 0.650. The van der Waals surface area contributed by atoms with Gasteiger partial charge in [0.15, 0.2) is 0 Å². The third-order valence-electron chi connectivity index (χ3n) is 3.13. The summed E-state index contributed by atoms with van der Waals surface area (Å²) in [5.41, 5.74) is 0. The zero-order valence-electron chi connectivity index (χ0n) is 12.8. The number of hydrogen-bond acceptors (Lipinski definition) is 6. The lowest BCUT2D eigenvalue weighted by molar-refractivity contribution is -0.115. The number of thiocarbonyl (C=S) groups is 1. The van der Waals surface area contributed by atoms with Crippen LogP contribution in [-0.4, -0.2) is 23.4 Å². The smallest absolute Gasteiger partial charge is 0.263 e. The predicted octanol–water partition coefficient (Wildman–Crippen LogP) is 4.19. The molecule has 1 amide bonds. The Kier molecular flexibility index (Phi) is 4.61. The third kappa shape index (κ3) is 3.36. The van der Waals surface area contributed by atoms with Crippen molar-refractivity contribution < 1.29 is 14.3 Å². The van der Waals surface area contributed by atoms with Crippen molar-refractivity contribution in [3.63, 3.8) is 0 Å². The first kappa shape index (κ1) is 16.3. The van der Waals surface area contributed by atoms with Crippen molar-refractivity contribution in [3.8, 4) is 11.5 Å². The molecular formula is C16H15NO3S3. The van der Waals surface area contributed by atoms with Crippen molar-refractivity contribution in [2.45, 2.75) is 20.0 Å². The predicted molar refractivity (Wildman–Crippen MR) is 100 cm³/mol. The van der Waals surface area contributed by atoms with Crippen LogP contribution < -0.4 is 14.8 Å². The van der Waals surface area contributed by atoms with Crippen molar-refractivity contribution >= 4 is 61.7 Å². The van der Waals surface area contributed by atoms with Crippen LogP contribution >= 0.6 is 35.3 Å². The van der Waals surface area contributed by atoms with Crippen molar-refractivity contribution in [1.82, 2.24) is 5.32 Å². The van der Waals surface area contributed by atoms with Crippen LogP contribution in [0.15, 0.2) is 23.1 Å². The van der Waals surface area contributed by atoms with E-state index in [2.05, 4.69) is 5.32 Å². The summed E-state index contributed by atoms with van der Waals surface area (Å²) < 4.78 is 12.9. The second-order valence-electron chi connectivity index (χ2n) is 5.18. The van der Waals surface area contributed by atoms with Crippen LogP contribution in [0.3, 0.4) is 0 Å². The van der Waals surface area contributed by atoms with E-state index in [-0.39, 0.29) is 12.0 Å². The van der Waals surface area contributed by atoms with E-state index in [0.717, 1.165) is 26.5 Å². The fraction of sp³-hybridized carbons (Fsp3) is 0.250. The van der Waals surface area contributed by atoms with Gasteiger partial charge < -0.3 is 14.8 Å². The van der Waals surface area contributed by atoms with Crippen molar-refractivity contribution in [1.29, 1.82) is 0 Å². The Hall–Kier alpha value is -1.57. The van der Waals surface area contributed by atoms with Crippen LogP contribution in [-0.2, 0) is 4.79 Å². The van der Waals surface area contributed by atoms with Crippen molar-refractivity contribution in [3.05, 3.63) is 28.0 Å². The highest BCUT2D eigenvalue weighted by Gasteiger charge is 2.24. The molecule has 1 aliphatic heterocycles. The average Bonchev–Trinajstić information content (AvgIpc) is 2.99. The number of fused-ring (bicyclic) bond motifs is 1. The molecule has 1 fully saturated rings. The number of amides is 1. The van der Waals surface area contributed by atoms with Gasteiger partial charge in [0.05, 0.1) is 23.0 Å². The van der Waals surface area contributed by atoms with Gasteiger partial charge in [-0.3, -0.25) is 4.79 Å². The standard InChI is InChI=1S/C16H15NO3S3/c1-8(2)20-14-10-6-9(19-3)4-5-11(10)22-12(14)7-13-15(18)17-16(21)23-13/h4-8H,1-3H3,(H,17,18,21). The van der Waals surface area contributed by atoms with Gasteiger partial charge in [-0.1, -0.05) is 24.0 Å². The molecule has 2 aromatic rings. The SMILES string of the molecule is COc1ccc2sc(C=C3SC(=S)NC3=O)c(OC(C)C)c2c1. The molecule has 7 heteroatoms. The van der Waals surface area contributed by atoms with E-state index in [0.29, 0.717) is 9.23 Å². The number of rotatable bonds is 4. The number of nitrogens with one attached hydrogen (secondary N) is 1. The maximum Gasteiger partial charge on any atom is 0.263 e. The van der Waals surface area contributed by atoms with Crippen LogP contribution in [0.2, 0.25) is 0 Å². The largest absolute Gasteiger partial charge is 0.497 e. The van der Waals surface area contributed by atoms with Crippen molar-refractivity contribution in [2.24, 2.45) is 0 Å². The van der Waals surface area contributed by atoms with E-state index in [4.69, 9.17) is 21.7 Å². The molecule has 1 N–H and O–H groups in total. The number of benzene rings is 1. The number of hydrogen-bond donors (Lipinski definition) is 1. The summed E-state index contributed by atoms with van der Waals surface area (Å²) in [5.74, 6) is 1.39. The van der Waals surface area contributed by atoms with Crippen molar-refractivity contribution in [2.75, 3.05) is 7.11 Å². The van der Waals surface area contributed by atoms with Crippen LogP contribution in [0.25, 0.3) is 16.2 Å². The first-order valence-electron chi connectivity index (χ1n) is 7.00. The first-order chi connectivity index (χ1) is 11.0. The molecular weight excluding hydrogens is 350 g/mol. The Morgan fingerprint density at radius 2 is 2.13 bits per heavy atom. The molecule has 120 valence electrons. The second kappa shape index (κ2) is 6.51. The zero-order chi connectivity index (χ0) is 16.6. The van der Waals surface area contributed by atoms with Crippen LogP contribution in [0.4, 0.5) is 0 Å². The molecule has 0 bridgehead atoms. The molecule has 2 heterocycles. The fourth-order valence-electron chi connectivity index (χ4n) is 2.19. The van der Waals surface area contributed by atoms with E-state index >= 15 is 0 Å². The topological polar surface area (TPSA) is 47.6 Å². The molecule has 0 unspecified atom stereocenters. The number of thiophene rings is 1. The summed E-state index contributed by atoms with van der Waals surface area (Å²) in [6.45, 7) is 3.96. The summed E-state index contributed by atoms with van der Waals surface area (Å²) in [6.07, 6.45) is 1.87. The molecule has 0 atom stereocenters. The van der Waals surface area contributed by atoms with Gasteiger partial charge in [-0.15, -0.1) is 11.3 Å². The summed E-state index contributed by atoms with van der Waals surface area (Å²) in [7, 11) is 1.64. The normalized spacial score (nSPS) is 16.4. The van der Waals surface area contributed by atoms with Gasteiger partial charge in [-0.05, 0) is 38.1 Å². The Labute approximate surface area is 147 Å². The van der Waals surface area contributed by atoms with E-state index in [1.807, 2.05) is 38.1 Å². The maximum absolute atomic E-state index is 11.9. The summed E-state index contributed by atoms with van der Waals surface area (Å²) in [5, 5.41) is 3.62. The lowest BCUT2D eigenvalue weighted by atomic mass is 10.2. The highest BCUT2D eigenvalue weighted by atomic mass is 32.2. The average molecular weight is 366 g/mol. The summed E-state index contributed by atoms with van der Waals surface area (Å²) in [6, 6.07) is 5.87. The summed E-state index contributed by atoms with van der Waals surface area (Å²) in [4.78, 5) is 13.4. The van der Waals surface area contributed by atoms with Gasteiger partial charge in [0.1, 0.15) is 15.8 Å². The molecule has 0 spiro atoms. The number of thioether (sulfide) groups is 1. The van der Waals surface area contributed by atoms with Gasteiger partial charge in [-0.2, -0.15) is 0 Å². The van der Waals surface area contributed by atoms with Gasteiger partial charge in [0.2, 0.25) is 0 Å². The first-order valence-corrected chi connectivity index (χ1v) is 9.04. The minimum atomic E-state index is -0.162. The molecule has 1 aromatic heterocycles. The molecule has 23 heavy (non-hydrogen) atoms. The number of carbonyl (C=O) groups is 1. The number of ether oxygens (including phenoxy) is 2. The minimum absolute atomic E-state index is 0.0299. The molecule has 0 radical (unpaired) electrons. The Balaban J connectivity index is 2.13. The Bertz CT molecular complexity index is 823. The molecule has 0 saturated carbocycles. The maximum atomic E-state index is 11.9. The van der Waals surface area contributed by atoms with Crippen LogP contribution in [0.1, 0.15) is 18.7 Å². The van der Waals surface area contributed by atoms with E-state index in [9.17, 15) is 4.79 Å². The Morgan fingerprint density at radius 1 is 1.35 bits per heavy atom. The van der Waals surface area contributed by atoms with E-state index < -0.39 is 0 Å². The lowest BCUT2D eigenvalue weighted by Crippen LogP contribution is -2.17. The summed E-state index contributed by atoms with van der Waals surface area (Å²) >= 11 is 7.89.